The molecule has 0 saturated carbocycles. The van der Waals surface area contributed by atoms with Crippen molar-refractivity contribution in [1.29, 1.82) is 0 Å². The van der Waals surface area contributed by atoms with E-state index < -0.39 is 25.9 Å². The fourth-order valence-corrected chi connectivity index (χ4v) is 3.32. The molecule has 9 nitrogen and oxygen atoms in total. The summed E-state index contributed by atoms with van der Waals surface area (Å²) in [5.41, 5.74) is 8.03. The number of aromatic nitrogens is 1. The minimum atomic E-state index is -4.72. The van der Waals surface area contributed by atoms with Crippen molar-refractivity contribution in [3.63, 3.8) is 0 Å². The third kappa shape index (κ3) is 7.78. The number of hydrogen-bond donors (Lipinski definition) is 4. The molecular weight excluding hydrogens is 445 g/mol. The summed E-state index contributed by atoms with van der Waals surface area (Å²) in [5, 5.41) is 2.59. The third-order valence-corrected chi connectivity index (χ3v) is 5.26. The highest BCUT2D eigenvalue weighted by atomic mass is 31.2. The maximum atomic E-state index is 12.3. The van der Waals surface area contributed by atoms with E-state index in [4.69, 9.17) is 20.3 Å². The van der Waals surface area contributed by atoms with Crippen LogP contribution >= 0.6 is 7.82 Å². The van der Waals surface area contributed by atoms with Gasteiger partial charge in [-0.1, -0.05) is 24.3 Å². The van der Waals surface area contributed by atoms with Gasteiger partial charge in [-0.05, 0) is 60.0 Å². The van der Waals surface area contributed by atoms with Crippen molar-refractivity contribution >= 4 is 19.4 Å². The molecule has 3 aromatic rings. The Bertz CT molecular complexity index is 1100. The van der Waals surface area contributed by atoms with E-state index in [-0.39, 0.29) is 0 Å². The number of phosphoric ester groups is 1. The van der Waals surface area contributed by atoms with Crippen LogP contribution < -0.4 is 15.8 Å². The maximum absolute atomic E-state index is 12.3. The molecule has 0 bridgehead atoms. The molecule has 1 atom stereocenters. The molecule has 0 aliphatic rings. The first-order valence-corrected chi connectivity index (χ1v) is 11.7. The molecule has 0 aliphatic carbocycles. The van der Waals surface area contributed by atoms with Crippen molar-refractivity contribution in [2.24, 2.45) is 5.73 Å². The first-order valence-electron chi connectivity index (χ1n) is 10.1. The van der Waals surface area contributed by atoms with Gasteiger partial charge in [0, 0.05) is 24.5 Å². The lowest BCUT2D eigenvalue weighted by Crippen LogP contribution is -2.52. The monoisotopic (exact) mass is 471 g/mol. The van der Waals surface area contributed by atoms with Gasteiger partial charge in [0.1, 0.15) is 11.3 Å². The molecule has 10 heteroatoms. The van der Waals surface area contributed by atoms with E-state index >= 15 is 0 Å². The van der Waals surface area contributed by atoms with E-state index in [2.05, 4.69) is 39.1 Å². The number of amides is 1. The topological polar surface area (TPSA) is 144 Å². The van der Waals surface area contributed by atoms with Crippen LogP contribution in [0.15, 0.2) is 73.1 Å². The van der Waals surface area contributed by atoms with Crippen molar-refractivity contribution in [3.8, 4) is 16.9 Å². The first-order chi connectivity index (χ1) is 15.6. The van der Waals surface area contributed by atoms with E-state index in [0.717, 1.165) is 23.1 Å². The fourth-order valence-electron chi connectivity index (χ4n) is 2.89. The number of nitrogens with one attached hydrogen (secondary N) is 1. The molecule has 1 amide bonds. The minimum Gasteiger partial charge on any atom is -0.493 e. The van der Waals surface area contributed by atoms with Crippen molar-refractivity contribution in [2.75, 3.05) is 18.5 Å². The average molecular weight is 471 g/mol. The lowest BCUT2D eigenvalue weighted by Gasteiger charge is -2.23. The van der Waals surface area contributed by atoms with Crippen LogP contribution in [0.2, 0.25) is 0 Å². The van der Waals surface area contributed by atoms with E-state index in [1.54, 1.807) is 36.7 Å². The Morgan fingerprint density at radius 1 is 1.03 bits per heavy atom. The summed E-state index contributed by atoms with van der Waals surface area (Å²) in [5.74, 6) is 0.00146. The van der Waals surface area contributed by atoms with Gasteiger partial charge in [0.25, 0.3) is 0 Å². The van der Waals surface area contributed by atoms with Crippen molar-refractivity contribution < 1.29 is 28.4 Å². The van der Waals surface area contributed by atoms with E-state index in [1.807, 2.05) is 12.1 Å². The molecule has 0 spiro atoms. The molecule has 0 fully saturated rings. The van der Waals surface area contributed by atoms with Gasteiger partial charge in [-0.15, -0.1) is 0 Å². The molecule has 3 rings (SSSR count). The lowest BCUT2D eigenvalue weighted by molar-refractivity contribution is -0.121. The molecule has 0 saturated heterocycles. The Labute approximate surface area is 191 Å². The van der Waals surface area contributed by atoms with Gasteiger partial charge in [0.15, 0.2) is 0 Å². The second-order valence-corrected chi connectivity index (χ2v) is 8.93. The number of nitrogens with zero attached hydrogens (tertiary/aromatic N) is 1. The number of carbonyl (C=O) groups excluding carboxylic acids is 1. The Balaban J connectivity index is 1.47. The summed E-state index contributed by atoms with van der Waals surface area (Å²) in [4.78, 5) is 33.8. The van der Waals surface area contributed by atoms with Crippen LogP contribution in [0.25, 0.3) is 11.1 Å². The number of carbonyl (C=O) groups is 1. The van der Waals surface area contributed by atoms with Crippen molar-refractivity contribution in [2.45, 2.75) is 18.9 Å². The molecule has 0 radical (unpaired) electrons. The smallest absolute Gasteiger partial charge is 0.469 e. The quantitative estimate of drug-likeness (QED) is 0.330. The number of phosphoric acid groups is 1. The highest BCUT2D eigenvalue weighted by Crippen LogP contribution is 2.36. The van der Waals surface area contributed by atoms with Crippen molar-refractivity contribution in [1.82, 2.24) is 4.98 Å². The third-order valence-electron chi connectivity index (χ3n) is 4.79. The van der Waals surface area contributed by atoms with Crippen molar-refractivity contribution in [3.05, 3.63) is 78.6 Å². The normalized spacial score (nSPS) is 13.2. The second-order valence-electron chi connectivity index (χ2n) is 7.69. The summed E-state index contributed by atoms with van der Waals surface area (Å²) in [7, 11) is -4.72. The van der Waals surface area contributed by atoms with Gasteiger partial charge in [-0.2, -0.15) is 0 Å². The Hall–Kier alpha value is -3.07. The number of anilines is 1. The fraction of sp³-hybridized carbons (Fsp3) is 0.217. The zero-order valence-corrected chi connectivity index (χ0v) is 18.9. The predicted molar refractivity (Wildman–Crippen MR) is 125 cm³/mol. The molecule has 1 aromatic heterocycles. The predicted octanol–water partition coefficient (Wildman–Crippen LogP) is 3.14. The summed E-state index contributed by atoms with van der Waals surface area (Å²) >= 11 is 0. The number of rotatable bonds is 10. The Morgan fingerprint density at radius 3 is 2.24 bits per heavy atom. The summed E-state index contributed by atoms with van der Waals surface area (Å²) in [6.07, 6.45) is 4.27. The number of hydrogen-bond acceptors (Lipinski definition) is 6. The summed E-state index contributed by atoms with van der Waals surface area (Å²) in [6.45, 7) is 1.17. The van der Waals surface area contributed by atoms with E-state index in [1.165, 1.54) is 6.92 Å². The second kappa shape index (κ2) is 10.7. The maximum Gasteiger partial charge on any atom is 0.469 e. The van der Waals surface area contributed by atoms with E-state index in [0.29, 0.717) is 18.0 Å². The highest BCUT2D eigenvalue weighted by molar-refractivity contribution is 7.46. The first kappa shape index (κ1) is 24.6. The highest BCUT2D eigenvalue weighted by Gasteiger charge is 2.32. The summed E-state index contributed by atoms with van der Waals surface area (Å²) < 4.78 is 20.9. The van der Waals surface area contributed by atoms with Gasteiger partial charge in [0.05, 0.1) is 13.2 Å². The van der Waals surface area contributed by atoms with Crippen LogP contribution in [0.1, 0.15) is 12.5 Å². The SMILES string of the molecule is CC(N)(COP(=O)(O)O)C(=O)Nc1ccc(OCCc2ccc(-c3ccncc3)cc2)cc1. The lowest BCUT2D eigenvalue weighted by atomic mass is 10.0. The minimum absolute atomic E-state index is 0.465. The molecule has 1 heterocycles. The van der Waals surface area contributed by atoms with Crippen LogP contribution in [0, 0.1) is 0 Å². The zero-order valence-electron chi connectivity index (χ0n) is 18.0. The average Bonchev–Trinajstić information content (AvgIpc) is 2.79. The summed E-state index contributed by atoms with van der Waals surface area (Å²) in [6, 6.07) is 18.9. The zero-order chi connectivity index (χ0) is 23.9. The number of ether oxygens (including phenoxy) is 1. The van der Waals surface area contributed by atoms with Crippen LogP contribution in [0.5, 0.6) is 5.75 Å². The number of pyridine rings is 1. The Kier molecular flexibility index (Phi) is 7.97. The van der Waals surface area contributed by atoms with Crippen LogP contribution in [0.4, 0.5) is 5.69 Å². The van der Waals surface area contributed by atoms with Gasteiger partial charge in [-0.25, -0.2) is 4.57 Å². The largest absolute Gasteiger partial charge is 0.493 e. The molecule has 33 heavy (non-hydrogen) atoms. The van der Waals surface area contributed by atoms with Crippen LogP contribution in [-0.4, -0.2) is 39.4 Å². The molecule has 5 N–H and O–H groups in total. The van der Waals surface area contributed by atoms with Crippen LogP contribution in [0.3, 0.4) is 0 Å². The molecular formula is C23H26N3O6P. The number of benzene rings is 2. The molecule has 2 aromatic carbocycles. The van der Waals surface area contributed by atoms with Gasteiger partial charge < -0.3 is 25.6 Å². The van der Waals surface area contributed by atoms with Crippen LogP contribution in [-0.2, 0) is 20.3 Å². The molecule has 174 valence electrons. The van der Waals surface area contributed by atoms with Gasteiger partial charge >= 0.3 is 7.82 Å². The van der Waals surface area contributed by atoms with Gasteiger partial charge in [0.2, 0.25) is 5.91 Å². The Morgan fingerprint density at radius 2 is 1.64 bits per heavy atom. The van der Waals surface area contributed by atoms with Gasteiger partial charge in [-0.3, -0.25) is 14.3 Å². The van der Waals surface area contributed by atoms with E-state index in [9.17, 15) is 9.36 Å². The molecule has 0 aliphatic heterocycles. The standard InChI is InChI=1S/C23H26N3O6P/c1-23(24,16-32-33(28,29)30)22(27)26-20-6-8-21(9-7-20)31-15-12-17-2-4-18(5-3-17)19-10-13-25-14-11-19/h2-11,13-14H,12,15-16,24H2,1H3,(H,26,27)(H2,28,29,30). The number of nitrogens with two attached hydrogens (primary N) is 1. The molecule has 1 unspecified atom stereocenters.